The van der Waals surface area contributed by atoms with Crippen LogP contribution in [0.2, 0.25) is 0 Å². The summed E-state index contributed by atoms with van der Waals surface area (Å²) in [6.45, 7) is 7.24. The summed E-state index contributed by atoms with van der Waals surface area (Å²) >= 11 is 0. The summed E-state index contributed by atoms with van der Waals surface area (Å²) in [4.78, 5) is 11.0. The largest absolute Gasteiger partial charge is 0.309 e. The second-order valence-electron chi connectivity index (χ2n) is 5.75. The molecule has 2 aromatic rings. The molecular weight excluding hydrogens is 234 g/mol. The zero-order valence-corrected chi connectivity index (χ0v) is 11.9. The van der Waals surface area contributed by atoms with Gasteiger partial charge in [0.2, 0.25) is 0 Å². The summed E-state index contributed by atoms with van der Waals surface area (Å²) in [7, 11) is 0. The third-order valence-electron chi connectivity index (χ3n) is 3.47. The highest BCUT2D eigenvalue weighted by molar-refractivity contribution is 5.83. The molecule has 0 aliphatic carbocycles. The first-order valence-electron chi connectivity index (χ1n) is 6.68. The van der Waals surface area contributed by atoms with Crippen molar-refractivity contribution in [2.75, 3.05) is 13.1 Å². The molecule has 2 aromatic carbocycles. The molecule has 0 spiro atoms. The summed E-state index contributed by atoms with van der Waals surface area (Å²) in [6.07, 6.45) is 0. The fourth-order valence-electron chi connectivity index (χ4n) is 2.26. The van der Waals surface area contributed by atoms with Crippen molar-refractivity contribution in [1.82, 2.24) is 5.32 Å². The number of hydrogen-bond donors (Lipinski definition) is 1. The Balaban J connectivity index is 2.19. The van der Waals surface area contributed by atoms with Crippen LogP contribution in [-0.4, -0.2) is 18.9 Å². The number of nitrogens with one attached hydrogen (secondary N) is 1. The minimum absolute atomic E-state index is 0.0134. The molecule has 2 heteroatoms. The second kappa shape index (κ2) is 5.54. The molecular formula is C17H21NO. The molecule has 19 heavy (non-hydrogen) atoms. The highest BCUT2D eigenvalue weighted by Gasteiger charge is 2.20. The molecule has 1 N–H and O–H groups in total. The number of Topliss-reactive ketones (excluding diaryl/α,β-unsaturated/α-hetero) is 1. The van der Waals surface area contributed by atoms with E-state index in [1.807, 2.05) is 0 Å². The van der Waals surface area contributed by atoms with Crippen LogP contribution in [-0.2, 0) is 10.2 Å². The van der Waals surface area contributed by atoms with E-state index >= 15 is 0 Å². The molecule has 0 unspecified atom stereocenters. The van der Waals surface area contributed by atoms with E-state index in [4.69, 9.17) is 0 Å². The van der Waals surface area contributed by atoms with Gasteiger partial charge in [0.25, 0.3) is 0 Å². The molecule has 0 radical (unpaired) electrons. The number of hydrogen-bond acceptors (Lipinski definition) is 2. The zero-order valence-electron chi connectivity index (χ0n) is 11.9. The third kappa shape index (κ3) is 3.42. The van der Waals surface area contributed by atoms with Gasteiger partial charge >= 0.3 is 0 Å². The molecule has 0 aliphatic rings. The summed E-state index contributed by atoms with van der Waals surface area (Å²) in [5, 5.41) is 5.75. The number of fused-ring (bicyclic) bond motifs is 1. The van der Waals surface area contributed by atoms with Gasteiger partial charge in [-0.1, -0.05) is 56.3 Å². The third-order valence-corrected chi connectivity index (χ3v) is 3.47. The van der Waals surface area contributed by atoms with Gasteiger partial charge in [0.15, 0.2) is 0 Å². The van der Waals surface area contributed by atoms with Crippen LogP contribution >= 0.6 is 0 Å². The molecule has 0 amide bonds. The Morgan fingerprint density at radius 3 is 2.47 bits per heavy atom. The fraction of sp³-hybridized carbons (Fsp3) is 0.353. The molecule has 0 heterocycles. The SMILES string of the molecule is CC(=O)CNCC(C)(C)c1ccc2ccccc2c1. The zero-order chi connectivity index (χ0) is 13.9. The minimum Gasteiger partial charge on any atom is -0.309 e. The predicted molar refractivity (Wildman–Crippen MR) is 80.5 cm³/mol. The molecule has 0 saturated carbocycles. The summed E-state index contributed by atoms with van der Waals surface area (Å²) in [5.41, 5.74) is 1.31. The standard InChI is InChI=1S/C17H21NO/c1-13(19)11-18-12-17(2,3)16-9-8-14-6-4-5-7-15(14)10-16/h4-10,18H,11-12H2,1-3H3. The Hall–Kier alpha value is -1.67. The molecule has 0 aromatic heterocycles. The lowest BCUT2D eigenvalue weighted by Gasteiger charge is -2.26. The van der Waals surface area contributed by atoms with Crippen molar-refractivity contribution < 1.29 is 4.79 Å². The number of carbonyl (C=O) groups excluding carboxylic acids is 1. The van der Waals surface area contributed by atoms with Crippen LogP contribution in [0.15, 0.2) is 42.5 Å². The molecule has 0 fully saturated rings. The van der Waals surface area contributed by atoms with E-state index in [1.54, 1.807) is 6.92 Å². The van der Waals surface area contributed by atoms with Crippen LogP contribution in [0.1, 0.15) is 26.3 Å². The lowest BCUT2D eigenvalue weighted by atomic mass is 9.83. The summed E-state index contributed by atoms with van der Waals surface area (Å²) in [6, 6.07) is 15.0. The molecule has 2 rings (SSSR count). The maximum atomic E-state index is 11.0. The van der Waals surface area contributed by atoms with E-state index in [0.29, 0.717) is 6.54 Å². The normalized spacial score (nSPS) is 11.7. The van der Waals surface area contributed by atoms with Gasteiger partial charge < -0.3 is 5.32 Å². The van der Waals surface area contributed by atoms with Gasteiger partial charge in [-0.3, -0.25) is 4.79 Å². The Kier molecular flexibility index (Phi) is 4.01. The Morgan fingerprint density at radius 2 is 1.79 bits per heavy atom. The van der Waals surface area contributed by atoms with E-state index in [2.05, 4.69) is 61.6 Å². The van der Waals surface area contributed by atoms with Gasteiger partial charge in [0.1, 0.15) is 5.78 Å². The van der Waals surface area contributed by atoms with Gasteiger partial charge in [0.05, 0.1) is 6.54 Å². The first kappa shape index (κ1) is 13.8. The number of carbonyl (C=O) groups is 1. The Bertz CT molecular complexity index is 587. The molecule has 2 nitrogen and oxygen atoms in total. The van der Waals surface area contributed by atoms with E-state index in [-0.39, 0.29) is 11.2 Å². The summed E-state index contributed by atoms with van der Waals surface area (Å²) < 4.78 is 0. The van der Waals surface area contributed by atoms with Crippen LogP contribution < -0.4 is 5.32 Å². The predicted octanol–water partition coefficient (Wildman–Crippen LogP) is 3.30. The van der Waals surface area contributed by atoms with Crippen molar-refractivity contribution >= 4 is 16.6 Å². The first-order valence-corrected chi connectivity index (χ1v) is 6.68. The molecule has 0 aliphatic heterocycles. The van der Waals surface area contributed by atoms with Crippen molar-refractivity contribution in [1.29, 1.82) is 0 Å². The van der Waals surface area contributed by atoms with E-state index in [0.717, 1.165) is 6.54 Å². The van der Waals surface area contributed by atoms with Gasteiger partial charge in [-0.15, -0.1) is 0 Å². The van der Waals surface area contributed by atoms with Gasteiger partial charge in [-0.2, -0.15) is 0 Å². The topological polar surface area (TPSA) is 29.1 Å². The maximum absolute atomic E-state index is 11.0. The smallest absolute Gasteiger partial charge is 0.143 e. The maximum Gasteiger partial charge on any atom is 0.143 e. The summed E-state index contributed by atoms with van der Waals surface area (Å²) in [5.74, 6) is 0.175. The number of ketones is 1. The van der Waals surface area contributed by atoms with Crippen molar-refractivity contribution in [3.8, 4) is 0 Å². The van der Waals surface area contributed by atoms with Crippen LogP contribution in [0.5, 0.6) is 0 Å². The van der Waals surface area contributed by atoms with Gasteiger partial charge in [0, 0.05) is 12.0 Å². The lowest BCUT2D eigenvalue weighted by Crippen LogP contribution is -2.35. The Morgan fingerprint density at radius 1 is 1.11 bits per heavy atom. The van der Waals surface area contributed by atoms with Crippen LogP contribution in [0.4, 0.5) is 0 Å². The monoisotopic (exact) mass is 255 g/mol. The Labute approximate surface area is 114 Å². The first-order chi connectivity index (χ1) is 8.99. The van der Waals surface area contributed by atoms with Crippen LogP contribution in [0.3, 0.4) is 0 Å². The highest BCUT2D eigenvalue weighted by Crippen LogP contribution is 2.26. The lowest BCUT2D eigenvalue weighted by molar-refractivity contribution is -0.116. The van der Waals surface area contributed by atoms with Gasteiger partial charge in [-0.25, -0.2) is 0 Å². The second-order valence-corrected chi connectivity index (χ2v) is 5.75. The van der Waals surface area contributed by atoms with E-state index in [9.17, 15) is 4.79 Å². The van der Waals surface area contributed by atoms with Crippen LogP contribution in [0.25, 0.3) is 10.8 Å². The quantitative estimate of drug-likeness (QED) is 0.888. The minimum atomic E-state index is 0.0134. The molecule has 0 bridgehead atoms. The fourth-order valence-corrected chi connectivity index (χ4v) is 2.26. The average Bonchev–Trinajstić information content (AvgIpc) is 2.37. The van der Waals surface area contributed by atoms with E-state index in [1.165, 1.54) is 16.3 Å². The molecule has 0 atom stereocenters. The average molecular weight is 255 g/mol. The molecule has 100 valence electrons. The molecule has 0 saturated heterocycles. The van der Waals surface area contributed by atoms with E-state index < -0.39 is 0 Å². The van der Waals surface area contributed by atoms with Crippen molar-refractivity contribution in [3.63, 3.8) is 0 Å². The van der Waals surface area contributed by atoms with Crippen molar-refractivity contribution in [2.24, 2.45) is 0 Å². The van der Waals surface area contributed by atoms with Gasteiger partial charge in [-0.05, 0) is 23.3 Å². The highest BCUT2D eigenvalue weighted by atomic mass is 16.1. The number of rotatable bonds is 5. The van der Waals surface area contributed by atoms with Crippen molar-refractivity contribution in [2.45, 2.75) is 26.2 Å². The van der Waals surface area contributed by atoms with Crippen molar-refractivity contribution in [3.05, 3.63) is 48.0 Å². The van der Waals surface area contributed by atoms with Crippen LogP contribution in [0, 0.1) is 0 Å². The number of benzene rings is 2.